The van der Waals surface area contributed by atoms with Crippen LogP contribution in [0.2, 0.25) is 10.0 Å². The lowest BCUT2D eigenvalue weighted by molar-refractivity contribution is 0.283. The molecule has 0 atom stereocenters. The van der Waals surface area contributed by atoms with Crippen LogP contribution in [0, 0.1) is 0 Å². The zero-order chi connectivity index (χ0) is 12.3. The van der Waals surface area contributed by atoms with Crippen LogP contribution in [0.3, 0.4) is 0 Å². The van der Waals surface area contributed by atoms with Gasteiger partial charge < -0.3 is 9.52 Å². The molecule has 0 aliphatic rings. The van der Waals surface area contributed by atoms with Gasteiger partial charge in [-0.25, -0.2) is 0 Å². The lowest BCUT2D eigenvalue weighted by Gasteiger charge is -2.03. The van der Waals surface area contributed by atoms with E-state index in [0.717, 1.165) is 5.56 Å². The van der Waals surface area contributed by atoms with Gasteiger partial charge in [0.05, 0.1) is 13.0 Å². The fraction of sp³-hybridized carbons (Fsp3) is 0.273. The van der Waals surface area contributed by atoms with E-state index in [-0.39, 0.29) is 6.61 Å². The van der Waals surface area contributed by atoms with Crippen molar-refractivity contribution >= 4 is 23.2 Å². The normalized spacial score (nSPS) is 10.8. The average Bonchev–Trinajstić information content (AvgIpc) is 2.72. The molecule has 0 unspecified atom stereocenters. The minimum atomic E-state index is -0.0194. The number of aliphatic hydroxyl groups excluding tert-OH is 1. The molecule has 0 saturated carbocycles. The summed E-state index contributed by atoms with van der Waals surface area (Å²) < 4.78 is 5.34. The third kappa shape index (κ3) is 2.97. The molecule has 0 aliphatic carbocycles. The van der Waals surface area contributed by atoms with Crippen molar-refractivity contribution in [1.29, 1.82) is 0 Å². The summed E-state index contributed by atoms with van der Waals surface area (Å²) in [7, 11) is 0. The number of halogens is 2. The van der Waals surface area contributed by atoms with Crippen molar-refractivity contribution in [3.05, 3.63) is 45.6 Å². The Balaban J connectivity index is 2.19. The second kappa shape index (κ2) is 5.49. The van der Waals surface area contributed by atoms with Crippen molar-refractivity contribution in [1.82, 2.24) is 10.2 Å². The number of aromatic nitrogens is 2. The molecule has 2 aromatic rings. The van der Waals surface area contributed by atoms with Crippen molar-refractivity contribution in [3.63, 3.8) is 0 Å². The van der Waals surface area contributed by atoms with Crippen molar-refractivity contribution in [2.24, 2.45) is 0 Å². The molecule has 0 spiro atoms. The molecule has 1 N–H and O–H groups in total. The number of benzene rings is 1. The SMILES string of the molecule is OCCc1nnc(Cc2c(Cl)cccc2Cl)o1. The Labute approximate surface area is 108 Å². The maximum atomic E-state index is 8.74. The van der Waals surface area contributed by atoms with E-state index >= 15 is 0 Å². The van der Waals surface area contributed by atoms with E-state index in [1.165, 1.54) is 0 Å². The van der Waals surface area contributed by atoms with Crippen molar-refractivity contribution in [3.8, 4) is 0 Å². The third-order valence-electron chi connectivity index (χ3n) is 2.22. The third-order valence-corrected chi connectivity index (χ3v) is 2.93. The number of aliphatic hydroxyl groups is 1. The van der Waals surface area contributed by atoms with Gasteiger partial charge in [0.1, 0.15) is 0 Å². The Bertz CT molecular complexity index is 494. The van der Waals surface area contributed by atoms with Gasteiger partial charge in [-0.05, 0) is 17.7 Å². The molecule has 0 fully saturated rings. The molecule has 17 heavy (non-hydrogen) atoms. The molecule has 90 valence electrons. The minimum absolute atomic E-state index is 0.0194. The van der Waals surface area contributed by atoms with Gasteiger partial charge in [-0.2, -0.15) is 0 Å². The van der Waals surface area contributed by atoms with Gasteiger partial charge in [0.15, 0.2) is 0 Å². The van der Waals surface area contributed by atoms with E-state index in [9.17, 15) is 0 Å². The van der Waals surface area contributed by atoms with Crippen LogP contribution in [-0.4, -0.2) is 21.9 Å². The zero-order valence-corrected chi connectivity index (χ0v) is 10.4. The number of hydrogen-bond donors (Lipinski definition) is 1. The highest BCUT2D eigenvalue weighted by Crippen LogP contribution is 2.26. The molecule has 6 heteroatoms. The van der Waals surface area contributed by atoms with Gasteiger partial charge in [0.2, 0.25) is 11.8 Å². The molecule has 1 aromatic carbocycles. The molecule has 0 amide bonds. The van der Waals surface area contributed by atoms with E-state index in [4.69, 9.17) is 32.7 Å². The monoisotopic (exact) mass is 272 g/mol. The summed E-state index contributed by atoms with van der Waals surface area (Å²) in [5.74, 6) is 0.842. The molecule has 0 radical (unpaired) electrons. The highest BCUT2D eigenvalue weighted by molar-refractivity contribution is 6.36. The first-order valence-electron chi connectivity index (χ1n) is 5.05. The lowest BCUT2D eigenvalue weighted by atomic mass is 10.1. The first-order chi connectivity index (χ1) is 8.20. The van der Waals surface area contributed by atoms with Crippen LogP contribution >= 0.6 is 23.2 Å². The predicted octanol–water partition coefficient (Wildman–Crippen LogP) is 2.50. The van der Waals surface area contributed by atoms with Gasteiger partial charge in [-0.1, -0.05) is 29.3 Å². The molecular weight excluding hydrogens is 263 g/mol. The van der Waals surface area contributed by atoms with Crippen molar-refractivity contribution < 1.29 is 9.52 Å². The van der Waals surface area contributed by atoms with Crippen molar-refractivity contribution in [2.45, 2.75) is 12.8 Å². The Kier molecular flexibility index (Phi) is 3.99. The first kappa shape index (κ1) is 12.4. The predicted molar refractivity (Wildman–Crippen MR) is 64.4 cm³/mol. The van der Waals surface area contributed by atoms with E-state index in [1.54, 1.807) is 18.2 Å². The summed E-state index contributed by atoms with van der Waals surface area (Å²) in [4.78, 5) is 0. The molecule has 0 aliphatic heterocycles. The van der Waals surface area contributed by atoms with Crippen LogP contribution in [0.1, 0.15) is 17.3 Å². The number of rotatable bonds is 4. The fourth-order valence-corrected chi connectivity index (χ4v) is 1.94. The second-order valence-corrected chi connectivity index (χ2v) is 4.25. The van der Waals surface area contributed by atoms with E-state index in [2.05, 4.69) is 10.2 Å². The molecule has 1 aromatic heterocycles. The summed E-state index contributed by atoms with van der Waals surface area (Å²) in [5, 5.41) is 17.5. The largest absolute Gasteiger partial charge is 0.425 e. The highest BCUT2D eigenvalue weighted by atomic mass is 35.5. The van der Waals surface area contributed by atoms with Gasteiger partial charge in [0, 0.05) is 16.5 Å². The van der Waals surface area contributed by atoms with Gasteiger partial charge in [0.25, 0.3) is 0 Å². The lowest BCUT2D eigenvalue weighted by Crippen LogP contribution is -1.91. The van der Waals surface area contributed by atoms with E-state index in [1.807, 2.05) is 0 Å². The van der Waals surface area contributed by atoms with Crippen LogP contribution in [0.4, 0.5) is 0 Å². The zero-order valence-electron chi connectivity index (χ0n) is 8.86. The van der Waals surface area contributed by atoms with Gasteiger partial charge in [-0.15, -0.1) is 10.2 Å². The second-order valence-electron chi connectivity index (χ2n) is 3.44. The Morgan fingerprint density at radius 2 is 1.76 bits per heavy atom. The van der Waals surface area contributed by atoms with Crippen LogP contribution in [0.5, 0.6) is 0 Å². The van der Waals surface area contributed by atoms with Crippen molar-refractivity contribution in [2.75, 3.05) is 6.61 Å². The Morgan fingerprint density at radius 1 is 1.12 bits per heavy atom. The maximum absolute atomic E-state index is 8.74. The first-order valence-corrected chi connectivity index (χ1v) is 5.81. The molecule has 1 heterocycles. The standard InChI is InChI=1S/C11H10Cl2N2O2/c12-8-2-1-3-9(13)7(8)6-11-15-14-10(17-11)4-5-16/h1-3,16H,4-6H2. The van der Waals surface area contributed by atoms with Gasteiger partial charge in [-0.3, -0.25) is 0 Å². The maximum Gasteiger partial charge on any atom is 0.221 e. The van der Waals surface area contributed by atoms with E-state index < -0.39 is 0 Å². The van der Waals surface area contributed by atoms with Crippen LogP contribution in [0.25, 0.3) is 0 Å². The van der Waals surface area contributed by atoms with Crippen LogP contribution in [0.15, 0.2) is 22.6 Å². The fourth-order valence-electron chi connectivity index (χ4n) is 1.41. The van der Waals surface area contributed by atoms with Crippen LogP contribution < -0.4 is 0 Å². The summed E-state index contributed by atoms with van der Waals surface area (Å²) in [6.07, 6.45) is 0.736. The molecule has 4 nitrogen and oxygen atoms in total. The Morgan fingerprint density at radius 3 is 2.41 bits per heavy atom. The summed E-state index contributed by atoms with van der Waals surface area (Å²) in [6, 6.07) is 5.29. The molecule has 2 rings (SSSR count). The Hall–Kier alpha value is -1.10. The molecule has 0 saturated heterocycles. The average molecular weight is 273 g/mol. The smallest absolute Gasteiger partial charge is 0.221 e. The van der Waals surface area contributed by atoms with E-state index in [0.29, 0.717) is 34.7 Å². The summed E-state index contributed by atoms with van der Waals surface area (Å²) in [5.41, 5.74) is 0.759. The number of nitrogens with zero attached hydrogens (tertiary/aromatic N) is 2. The summed E-state index contributed by atoms with van der Waals surface area (Å²) >= 11 is 12.1. The molecule has 0 bridgehead atoms. The quantitative estimate of drug-likeness (QED) is 0.929. The molecular formula is C11H10Cl2N2O2. The highest BCUT2D eigenvalue weighted by Gasteiger charge is 2.11. The minimum Gasteiger partial charge on any atom is -0.425 e. The summed E-state index contributed by atoms with van der Waals surface area (Å²) in [6.45, 7) is -0.0194. The van der Waals surface area contributed by atoms with Gasteiger partial charge >= 0.3 is 0 Å². The topological polar surface area (TPSA) is 59.2 Å². The van der Waals surface area contributed by atoms with Crippen LogP contribution in [-0.2, 0) is 12.8 Å². The number of hydrogen-bond acceptors (Lipinski definition) is 4.